The van der Waals surface area contributed by atoms with E-state index in [0.717, 1.165) is 55.6 Å². The van der Waals surface area contributed by atoms with Gasteiger partial charge in [-0.15, -0.1) is 0 Å². The number of aryl methyl sites for hydroxylation is 1. The van der Waals surface area contributed by atoms with Crippen molar-refractivity contribution in [1.82, 2.24) is 14.9 Å². The molecule has 0 spiro atoms. The van der Waals surface area contributed by atoms with E-state index in [2.05, 4.69) is 27.4 Å². The highest BCUT2D eigenvalue weighted by atomic mass is 16.2. The first-order chi connectivity index (χ1) is 13.8. The van der Waals surface area contributed by atoms with E-state index in [1.165, 1.54) is 5.56 Å². The molecule has 2 aromatic carbocycles. The van der Waals surface area contributed by atoms with Crippen molar-refractivity contribution in [2.45, 2.75) is 38.1 Å². The first-order valence-corrected chi connectivity index (χ1v) is 10.1. The molecule has 1 saturated heterocycles. The normalized spacial score (nSPS) is 17.3. The molecule has 5 heteroatoms. The van der Waals surface area contributed by atoms with Crippen LogP contribution >= 0.6 is 0 Å². The van der Waals surface area contributed by atoms with Crippen molar-refractivity contribution >= 4 is 22.8 Å². The molecular weight excluding hydrogens is 348 g/mol. The maximum atomic E-state index is 12.8. The Morgan fingerprint density at radius 3 is 2.68 bits per heavy atom. The van der Waals surface area contributed by atoms with Gasteiger partial charge in [-0.25, -0.2) is 4.98 Å². The molecule has 28 heavy (non-hydrogen) atoms. The molecule has 3 aromatic rings. The number of nitrogens with one attached hydrogen (secondary N) is 1. The minimum atomic E-state index is 0.207. The largest absolute Gasteiger partial charge is 0.364 e. The molecule has 5 nitrogen and oxygen atoms in total. The van der Waals surface area contributed by atoms with E-state index < -0.39 is 0 Å². The number of carbonyl (C=O) groups is 1. The lowest BCUT2D eigenvalue weighted by molar-refractivity contribution is -0.131. The van der Waals surface area contributed by atoms with Gasteiger partial charge in [-0.05, 0) is 43.4 Å². The summed E-state index contributed by atoms with van der Waals surface area (Å²) >= 11 is 0. The monoisotopic (exact) mass is 374 g/mol. The number of amides is 1. The van der Waals surface area contributed by atoms with E-state index >= 15 is 0 Å². The fraction of sp³-hybridized carbons (Fsp3) is 0.348. The minimum Gasteiger partial charge on any atom is -0.364 e. The lowest BCUT2D eigenvalue weighted by atomic mass is 10.1. The summed E-state index contributed by atoms with van der Waals surface area (Å²) in [6, 6.07) is 18.3. The van der Waals surface area contributed by atoms with E-state index in [0.29, 0.717) is 6.42 Å². The molecule has 0 aliphatic carbocycles. The number of nitrogens with zero attached hydrogens (tertiary/aromatic N) is 3. The van der Waals surface area contributed by atoms with Crippen molar-refractivity contribution in [2.24, 2.45) is 0 Å². The van der Waals surface area contributed by atoms with Crippen LogP contribution in [0.25, 0.3) is 11.0 Å². The number of aromatic nitrogens is 2. The van der Waals surface area contributed by atoms with Crippen molar-refractivity contribution in [3.63, 3.8) is 0 Å². The standard InChI is InChI=1S/C23H26N4O/c28-23(14-13-18-8-2-1-3-9-18)27-15-7-6-10-19(17-27)25-22-16-24-20-11-4-5-12-21(20)26-22/h1-5,8-9,11-12,16,19H,6-7,10,13-15,17H2,(H,25,26). The van der Waals surface area contributed by atoms with Gasteiger partial charge in [-0.2, -0.15) is 0 Å². The van der Waals surface area contributed by atoms with Crippen molar-refractivity contribution in [2.75, 3.05) is 18.4 Å². The van der Waals surface area contributed by atoms with Gasteiger partial charge >= 0.3 is 0 Å². The average molecular weight is 374 g/mol. The van der Waals surface area contributed by atoms with Crippen LogP contribution in [0.1, 0.15) is 31.2 Å². The van der Waals surface area contributed by atoms with Gasteiger partial charge in [0.05, 0.1) is 17.2 Å². The zero-order chi connectivity index (χ0) is 19.2. The Balaban J connectivity index is 1.38. The average Bonchev–Trinajstić information content (AvgIpc) is 2.98. The van der Waals surface area contributed by atoms with Crippen molar-refractivity contribution < 1.29 is 4.79 Å². The molecule has 1 aliphatic rings. The number of fused-ring (bicyclic) bond motifs is 1. The van der Waals surface area contributed by atoms with Crippen LogP contribution < -0.4 is 5.32 Å². The number of anilines is 1. The smallest absolute Gasteiger partial charge is 0.222 e. The molecule has 0 bridgehead atoms. The highest BCUT2D eigenvalue weighted by Crippen LogP contribution is 2.18. The van der Waals surface area contributed by atoms with E-state index in [-0.39, 0.29) is 11.9 Å². The van der Waals surface area contributed by atoms with Crippen LogP contribution in [0, 0.1) is 0 Å². The zero-order valence-corrected chi connectivity index (χ0v) is 16.1. The Kier molecular flexibility index (Phi) is 5.80. The van der Waals surface area contributed by atoms with E-state index in [1.54, 1.807) is 6.20 Å². The summed E-state index contributed by atoms with van der Waals surface area (Å²) < 4.78 is 0. The number of hydrogen-bond acceptors (Lipinski definition) is 4. The van der Waals surface area contributed by atoms with Gasteiger partial charge in [0, 0.05) is 25.6 Å². The summed E-state index contributed by atoms with van der Waals surface area (Å²) in [5, 5.41) is 3.50. The van der Waals surface area contributed by atoms with Crippen molar-refractivity contribution in [3.05, 3.63) is 66.4 Å². The first kappa shape index (κ1) is 18.4. The van der Waals surface area contributed by atoms with Gasteiger partial charge in [-0.1, -0.05) is 42.5 Å². The molecule has 2 heterocycles. The van der Waals surface area contributed by atoms with Crippen LogP contribution in [0.5, 0.6) is 0 Å². The van der Waals surface area contributed by atoms with E-state index in [9.17, 15) is 4.79 Å². The second-order valence-electron chi connectivity index (χ2n) is 7.41. The molecular formula is C23H26N4O. The SMILES string of the molecule is O=C(CCc1ccccc1)N1CCCCC(Nc2cnc3ccccc3n2)C1. The van der Waals surface area contributed by atoms with Crippen LogP contribution in [0.4, 0.5) is 5.82 Å². The molecule has 1 fully saturated rings. The van der Waals surface area contributed by atoms with Crippen LogP contribution in [-0.4, -0.2) is 39.9 Å². The molecule has 1 aliphatic heterocycles. The second kappa shape index (κ2) is 8.83. The first-order valence-electron chi connectivity index (χ1n) is 10.1. The Morgan fingerprint density at radius 2 is 1.82 bits per heavy atom. The van der Waals surface area contributed by atoms with Gasteiger partial charge in [-0.3, -0.25) is 9.78 Å². The summed E-state index contributed by atoms with van der Waals surface area (Å²) in [5.74, 6) is 1.02. The Hall–Kier alpha value is -2.95. The van der Waals surface area contributed by atoms with Gasteiger partial charge in [0.25, 0.3) is 0 Å². The zero-order valence-electron chi connectivity index (χ0n) is 16.1. The molecule has 1 aromatic heterocycles. The van der Waals surface area contributed by atoms with Gasteiger partial charge in [0.2, 0.25) is 5.91 Å². The molecule has 1 N–H and O–H groups in total. The highest BCUT2D eigenvalue weighted by Gasteiger charge is 2.22. The van der Waals surface area contributed by atoms with E-state index in [1.807, 2.05) is 47.4 Å². The third kappa shape index (κ3) is 4.66. The summed E-state index contributed by atoms with van der Waals surface area (Å²) in [4.78, 5) is 23.9. The van der Waals surface area contributed by atoms with Gasteiger partial charge in [0.15, 0.2) is 0 Å². The number of likely N-dealkylation sites (tertiary alicyclic amines) is 1. The quantitative estimate of drug-likeness (QED) is 0.732. The molecule has 1 unspecified atom stereocenters. The molecule has 0 saturated carbocycles. The van der Waals surface area contributed by atoms with Crippen molar-refractivity contribution in [1.29, 1.82) is 0 Å². The number of benzene rings is 2. The fourth-order valence-corrected chi connectivity index (χ4v) is 3.78. The van der Waals surface area contributed by atoms with E-state index in [4.69, 9.17) is 0 Å². The maximum Gasteiger partial charge on any atom is 0.222 e. The summed E-state index contributed by atoms with van der Waals surface area (Å²) in [5.41, 5.74) is 3.00. The highest BCUT2D eigenvalue weighted by molar-refractivity contribution is 5.77. The predicted molar refractivity (Wildman–Crippen MR) is 112 cm³/mol. The van der Waals surface area contributed by atoms with Crippen LogP contribution in [-0.2, 0) is 11.2 Å². The van der Waals surface area contributed by atoms with Crippen molar-refractivity contribution in [3.8, 4) is 0 Å². The van der Waals surface area contributed by atoms with Crippen LogP contribution in [0.15, 0.2) is 60.8 Å². The third-order valence-electron chi connectivity index (χ3n) is 5.30. The van der Waals surface area contributed by atoms with Gasteiger partial charge < -0.3 is 10.2 Å². The molecule has 4 rings (SSSR count). The number of carbonyl (C=O) groups excluding carboxylic acids is 1. The number of hydrogen-bond donors (Lipinski definition) is 1. The maximum absolute atomic E-state index is 12.8. The van der Waals surface area contributed by atoms with Crippen LogP contribution in [0.3, 0.4) is 0 Å². The second-order valence-corrected chi connectivity index (χ2v) is 7.41. The van der Waals surface area contributed by atoms with Gasteiger partial charge in [0.1, 0.15) is 5.82 Å². The minimum absolute atomic E-state index is 0.207. The lowest BCUT2D eigenvalue weighted by Crippen LogP contribution is -2.39. The van der Waals surface area contributed by atoms with Crippen LogP contribution in [0.2, 0.25) is 0 Å². The molecule has 144 valence electrons. The predicted octanol–water partition coefficient (Wildman–Crippen LogP) is 4.06. The summed E-state index contributed by atoms with van der Waals surface area (Å²) in [6.45, 7) is 1.57. The Morgan fingerprint density at radius 1 is 1.04 bits per heavy atom. The summed E-state index contributed by atoms with van der Waals surface area (Å²) in [6.07, 6.45) is 6.35. The Labute approximate surface area is 165 Å². The lowest BCUT2D eigenvalue weighted by Gasteiger charge is -2.25. The number of para-hydroxylation sites is 2. The molecule has 1 amide bonds. The fourth-order valence-electron chi connectivity index (χ4n) is 3.78. The molecule has 0 radical (unpaired) electrons. The topological polar surface area (TPSA) is 58.1 Å². The number of rotatable bonds is 5. The summed E-state index contributed by atoms with van der Waals surface area (Å²) in [7, 11) is 0. The molecule has 1 atom stereocenters. The Bertz CT molecular complexity index is 928. The third-order valence-corrected chi connectivity index (χ3v) is 5.30.